The highest BCUT2D eigenvalue weighted by Gasteiger charge is 2.11. The lowest BCUT2D eigenvalue weighted by Gasteiger charge is -2.20. The molecular weight excluding hydrogens is 236 g/mol. The summed E-state index contributed by atoms with van der Waals surface area (Å²) in [6.45, 7) is 0.498. The van der Waals surface area contributed by atoms with Gasteiger partial charge in [0.15, 0.2) is 0 Å². The van der Waals surface area contributed by atoms with Crippen LogP contribution in [0.5, 0.6) is 0 Å². The minimum atomic E-state index is 0.186. The highest BCUT2D eigenvalue weighted by atomic mass is 16.2. The van der Waals surface area contributed by atoms with Gasteiger partial charge in [-0.3, -0.25) is 4.79 Å². The molecule has 3 heteroatoms. The molecule has 0 unspecified atom stereocenters. The van der Waals surface area contributed by atoms with Gasteiger partial charge in [0.25, 0.3) is 0 Å². The number of nitrogens with one attached hydrogen (secondary N) is 1. The van der Waals surface area contributed by atoms with Crippen molar-refractivity contribution >= 4 is 5.91 Å². The molecule has 0 bridgehead atoms. The van der Waals surface area contributed by atoms with E-state index in [0.29, 0.717) is 12.6 Å². The van der Waals surface area contributed by atoms with Gasteiger partial charge in [0.05, 0.1) is 6.54 Å². The molecule has 19 heavy (non-hydrogen) atoms. The molecule has 0 atom stereocenters. The average Bonchev–Trinajstić information content (AvgIpc) is 2.37. The van der Waals surface area contributed by atoms with Crippen LogP contribution in [0.25, 0.3) is 0 Å². The van der Waals surface area contributed by atoms with Crippen molar-refractivity contribution in [3.63, 3.8) is 0 Å². The van der Waals surface area contributed by atoms with Crippen LogP contribution in [-0.2, 0) is 4.79 Å². The molecule has 0 aliphatic heterocycles. The second kappa shape index (κ2) is 10.2. The van der Waals surface area contributed by atoms with Crippen molar-refractivity contribution in [1.29, 1.82) is 0 Å². The summed E-state index contributed by atoms with van der Waals surface area (Å²) in [5.74, 6) is 0.186. The van der Waals surface area contributed by atoms with Gasteiger partial charge in [-0.15, -0.1) is 0 Å². The monoisotopic (exact) mass is 268 g/mol. The van der Waals surface area contributed by atoms with E-state index in [-0.39, 0.29) is 5.91 Å². The van der Waals surface area contributed by atoms with E-state index in [1.165, 1.54) is 70.6 Å². The summed E-state index contributed by atoms with van der Waals surface area (Å²) in [7, 11) is 3.65. The van der Waals surface area contributed by atoms with Crippen LogP contribution < -0.4 is 5.32 Å². The topological polar surface area (TPSA) is 32.3 Å². The standard InChI is InChI=1S/C16H32N2O/c1-18(2)16(19)14-17-15-12-10-8-6-4-3-5-7-9-11-13-15/h15,17H,3-14H2,1-2H3. The zero-order valence-electron chi connectivity index (χ0n) is 12.9. The van der Waals surface area contributed by atoms with Crippen LogP contribution in [0.1, 0.15) is 70.6 Å². The Morgan fingerprint density at radius 1 is 0.895 bits per heavy atom. The molecule has 0 spiro atoms. The van der Waals surface area contributed by atoms with Crippen LogP contribution >= 0.6 is 0 Å². The van der Waals surface area contributed by atoms with Gasteiger partial charge in [0, 0.05) is 20.1 Å². The van der Waals surface area contributed by atoms with E-state index >= 15 is 0 Å². The first-order chi connectivity index (χ1) is 9.20. The molecule has 0 radical (unpaired) electrons. The number of likely N-dealkylation sites (N-methyl/N-ethyl adjacent to an activating group) is 1. The van der Waals surface area contributed by atoms with Crippen molar-refractivity contribution in [2.45, 2.75) is 76.7 Å². The molecule has 1 amide bonds. The Balaban J connectivity index is 2.28. The van der Waals surface area contributed by atoms with Gasteiger partial charge in [-0.25, -0.2) is 0 Å². The van der Waals surface area contributed by atoms with Crippen LogP contribution in [-0.4, -0.2) is 37.5 Å². The summed E-state index contributed by atoms with van der Waals surface area (Å²) in [6, 6.07) is 0.545. The molecule has 1 rings (SSSR count). The first-order valence-corrected chi connectivity index (χ1v) is 8.13. The smallest absolute Gasteiger partial charge is 0.236 e. The van der Waals surface area contributed by atoms with Gasteiger partial charge in [0.1, 0.15) is 0 Å². The number of hydrogen-bond donors (Lipinski definition) is 1. The van der Waals surface area contributed by atoms with E-state index < -0.39 is 0 Å². The molecule has 0 aromatic rings. The predicted molar refractivity (Wildman–Crippen MR) is 81.3 cm³/mol. The SMILES string of the molecule is CN(C)C(=O)CNC1CCCCCCCCCCC1. The molecule has 0 aromatic heterocycles. The second-order valence-electron chi connectivity index (χ2n) is 6.13. The zero-order chi connectivity index (χ0) is 13.9. The van der Waals surface area contributed by atoms with Crippen LogP contribution in [0.3, 0.4) is 0 Å². The van der Waals surface area contributed by atoms with E-state index in [9.17, 15) is 4.79 Å². The van der Waals surface area contributed by atoms with Gasteiger partial charge in [0.2, 0.25) is 5.91 Å². The lowest BCUT2D eigenvalue weighted by molar-refractivity contribution is -0.127. The van der Waals surface area contributed by atoms with Gasteiger partial charge in [-0.2, -0.15) is 0 Å². The molecule has 112 valence electrons. The van der Waals surface area contributed by atoms with Crippen molar-refractivity contribution in [2.24, 2.45) is 0 Å². The Hall–Kier alpha value is -0.570. The molecule has 1 aliphatic carbocycles. The number of rotatable bonds is 3. The van der Waals surface area contributed by atoms with Crippen molar-refractivity contribution in [1.82, 2.24) is 10.2 Å². The van der Waals surface area contributed by atoms with E-state index in [4.69, 9.17) is 0 Å². The highest BCUT2D eigenvalue weighted by molar-refractivity contribution is 5.77. The summed E-state index contributed by atoms with van der Waals surface area (Å²) in [5, 5.41) is 3.46. The maximum absolute atomic E-state index is 11.6. The molecule has 3 nitrogen and oxygen atoms in total. The van der Waals surface area contributed by atoms with E-state index in [0.717, 1.165) is 0 Å². The highest BCUT2D eigenvalue weighted by Crippen LogP contribution is 2.16. The number of hydrogen-bond acceptors (Lipinski definition) is 2. The first kappa shape index (κ1) is 16.5. The Morgan fingerprint density at radius 3 is 1.74 bits per heavy atom. The molecule has 1 aliphatic rings. The first-order valence-electron chi connectivity index (χ1n) is 8.13. The fourth-order valence-corrected chi connectivity index (χ4v) is 2.76. The number of nitrogens with zero attached hydrogens (tertiary/aromatic N) is 1. The third-order valence-corrected chi connectivity index (χ3v) is 4.15. The third kappa shape index (κ3) is 8.25. The van der Waals surface area contributed by atoms with Crippen molar-refractivity contribution in [3.8, 4) is 0 Å². The molecule has 1 fully saturated rings. The van der Waals surface area contributed by atoms with Gasteiger partial charge in [-0.1, -0.05) is 57.8 Å². The van der Waals surface area contributed by atoms with Crippen molar-refractivity contribution in [2.75, 3.05) is 20.6 Å². The Kier molecular flexibility index (Phi) is 8.89. The summed E-state index contributed by atoms with van der Waals surface area (Å²) in [4.78, 5) is 13.3. The van der Waals surface area contributed by atoms with Crippen LogP contribution in [0.4, 0.5) is 0 Å². The van der Waals surface area contributed by atoms with Gasteiger partial charge in [-0.05, 0) is 12.8 Å². The summed E-state index contributed by atoms with van der Waals surface area (Å²) >= 11 is 0. The maximum Gasteiger partial charge on any atom is 0.236 e. The third-order valence-electron chi connectivity index (χ3n) is 4.15. The summed E-state index contributed by atoms with van der Waals surface area (Å²) in [5.41, 5.74) is 0. The normalized spacial score (nSPS) is 20.3. The Labute approximate surface area is 119 Å². The number of carbonyl (C=O) groups is 1. The zero-order valence-corrected chi connectivity index (χ0v) is 12.9. The van der Waals surface area contributed by atoms with E-state index in [2.05, 4.69) is 5.32 Å². The molecule has 1 saturated carbocycles. The molecule has 0 heterocycles. The molecule has 0 aromatic carbocycles. The molecule has 1 N–H and O–H groups in total. The van der Waals surface area contributed by atoms with Gasteiger partial charge >= 0.3 is 0 Å². The van der Waals surface area contributed by atoms with E-state index in [1.54, 1.807) is 4.90 Å². The van der Waals surface area contributed by atoms with Crippen LogP contribution in [0.15, 0.2) is 0 Å². The predicted octanol–water partition coefficient (Wildman–Crippen LogP) is 3.34. The molecular formula is C16H32N2O. The molecule has 0 saturated heterocycles. The minimum absolute atomic E-state index is 0.186. The fraction of sp³-hybridized carbons (Fsp3) is 0.938. The van der Waals surface area contributed by atoms with E-state index in [1.807, 2.05) is 14.1 Å². The van der Waals surface area contributed by atoms with Crippen molar-refractivity contribution < 1.29 is 4.79 Å². The Morgan fingerprint density at radius 2 is 1.32 bits per heavy atom. The quantitative estimate of drug-likeness (QED) is 0.851. The van der Waals surface area contributed by atoms with Crippen LogP contribution in [0, 0.1) is 0 Å². The lowest BCUT2D eigenvalue weighted by atomic mass is 9.98. The maximum atomic E-state index is 11.6. The summed E-state index contributed by atoms with van der Waals surface area (Å²) in [6.07, 6.45) is 14.9. The minimum Gasteiger partial charge on any atom is -0.348 e. The van der Waals surface area contributed by atoms with Crippen LogP contribution in [0.2, 0.25) is 0 Å². The van der Waals surface area contributed by atoms with Gasteiger partial charge < -0.3 is 10.2 Å². The Bertz CT molecular complexity index is 229. The lowest BCUT2D eigenvalue weighted by Crippen LogP contribution is -2.38. The van der Waals surface area contributed by atoms with Crippen molar-refractivity contribution in [3.05, 3.63) is 0 Å². The average molecular weight is 268 g/mol. The summed E-state index contributed by atoms with van der Waals surface area (Å²) < 4.78 is 0. The second-order valence-corrected chi connectivity index (χ2v) is 6.13. The fourth-order valence-electron chi connectivity index (χ4n) is 2.76. The largest absolute Gasteiger partial charge is 0.348 e. The number of carbonyl (C=O) groups excluding carboxylic acids is 1. The number of amides is 1.